The van der Waals surface area contributed by atoms with E-state index in [0.717, 1.165) is 19.3 Å². The van der Waals surface area contributed by atoms with Gasteiger partial charge in [-0.25, -0.2) is 0 Å². The monoisotopic (exact) mass is 224 g/mol. The maximum absolute atomic E-state index is 11.3. The standard InChI is InChI=1S/C12H16O4/c1-2-8-12(10(13)14,11(15)16)9-6-4-3-5-7-9/h1,9H,3-8H2,(H,13,14)(H,15,16). The summed E-state index contributed by atoms with van der Waals surface area (Å²) in [5, 5.41) is 18.4. The highest BCUT2D eigenvalue weighted by atomic mass is 16.4. The molecule has 0 unspecified atom stereocenters. The maximum Gasteiger partial charge on any atom is 0.322 e. The zero-order valence-corrected chi connectivity index (χ0v) is 9.11. The van der Waals surface area contributed by atoms with Crippen LogP contribution < -0.4 is 0 Å². The molecule has 16 heavy (non-hydrogen) atoms. The molecule has 1 saturated carbocycles. The van der Waals surface area contributed by atoms with Gasteiger partial charge in [-0.2, -0.15) is 0 Å². The van der Waals surface area contributed by atoms with Crippen molar-refractivity contribution in [1.29, 1.82) is 0 Å². The molecule has 0 amide bonds. The predicted molar refractivity (Wildman–Crippen MR) is 57.7 cm³/mol. The third-order valence-corrected chi connectivity index (χ3v) is 3.45. The van der Waals surface area contributed by atoms with Crippen molar-refractivity contribution in [3.05, 3.63) is 0 Å². The Labute approximate surface area is 94.7 Å². The Balaban J connectivity index is 3.04. The van der Waals surface area contributed by atoms with Gasteiger partial charge in [0.25, 0.3) is 0 Å². The normalized spacial score (nSPS) is 17.7. The minimum atomic E-state index is -1.78. The third-order valence-electron chi connectivity index (χ3n) is 3.45. The van der Waals surface area contributed by atoms with Crippen molar-refractivity contribution in [2.75, 3.05) is 0 Å². The van der Waals surface area contributed by atoms with Crippen molar-refractivity contribution in [3.8, 4) is 12.3 Å². The summed E-state index contributed by atoms with van der Waals surface area (Å²) in [7, 11) is 0. The molecule has 0 aromatic carbocycles. The first kappa shape index (κ1) is 12.6. The number of carboxylic acids is 2. The minimum Gasteiger partial charge on any atom is -0.480 e. The van der Waals surface area contributed by atoms with E-state index in [-0.39, 0.29) is 12.3 Å². The van der Waals surface area contributed by atoms with Gasteiger partial charge in [0.2, 0.25) is 0 Å². The molecule has 2 N–H and O–H groups in total. The molecule has 0 bridgehead atoms. The molecular weight excluding hydrogens is 208 g/mol. The van der Waals surface area contributed by atoms with Gasteiger partial charge in [-0.15, -0.1) is 12.3 Å². The first-order valence-electron chi connectivity index (χ1n) is 5.46. The number of carbonyl (C=O) groups is 2. The zero-order chi connectivity index (χ0) is 12.2. The van der Waals surface area contributed by atoms with Crippen LogP contribution in [0.15, 0.2) is 0 Å². The molecular formula is C12H16O4. The molecule has 0 aromatic rings. The van der Waals surface area contributed by atoms with Gasteiger partial charge in [-0.1, -0.05) is 19.3 Å². The summed E-state index contributed by atoms with van der Waals surface area (Å²) in [5.74, 6) is -0.736. The van der Waals surface area contributed by atoms with Crippen LogP contribution in [0, 0.1) is 23.7 Å². The molecule has 4 nitrogen and oxygen atoms in total. The second-order valence-corrected chi connectivity index (χ2v) is 4.30. The molecule has 0 spiro atoms. The largest absolute Gasteiger partial charge is 0.480 e. The quantitative estimate of drug-likeness (QED) is 0.563. The molecule has 0 aliphatic heterocycles. The van der Waals surface area contributed by atoms with Gasteiger partial charge >= 0.3 is 11.9 Å². The molecule has 4 heteroatoms. The van der Waals surface area contributed by atoms with Crippen LogP contribution in [0.1, 0.15) is 38.5 Å². The average molecular weight is 224 g/mol. The molecule has 0 heterocycles. The van der Waals surface area contributed by atoms with E-state index in [1.807, 2.05) is 0 Å². The van der Waals surface area contributed by atoms with E-state index in [0.29, 0.717) is 12.8 Å². The van der Waals surface area contributed by atoms with E-state index in [4.69, 9.17) is 6.42 Å². The predicted octanol–water partition coefficient (Wildman–Crippen LogP) is 1.75. The van der Waals surface area contributed by atoms with E-state index in [1.54, 1.807) is 0 Å². The second kappa shape index (κ2) is 5.02. The van der Waals surface area contributed by atoms with Crippen LogP contribution in [-0.2, 0) is 9.59 Å². The SMILES string of the molecule is C#CCC(C(=O)O)(C(=O)O)C1CCCCC1. The fraction of sp³-hybridized carbons (Fsp3) is 0.667. The van der Waals surface area contributed by atoms with Gasteiger partial charge in [-0.05, 0) is 18.8 Å². The first-order valence-corrected chi connectivity index (χ1v) is 5.46. The molecule has 0 aromatic heterocycles. The van der Waals surface area contributed by atoms with Crippen molar-refractivity contribution >= 4 is 11.9 Å². The summed E-state index contributed by atoms with van der Waals surface area (Å²) >= 11 is 0. The van der Waals surface area contributed by atoms with Crippen molar-refractivity contribution in [3.63, 3.8) is 0 Å². The molecule has 1 rings (SSSR count). The number of terminal acetylenes is 1. The smallest absolute Gasteiger partial charge is 0.322 e. The minimum absolute atomic E-state index is 0.234. The van der Waals surface area contributed by atoms with E-state index >= 15 is 0 Å². The van der Waals surface area contributed by atoms with Crippen molar-refractivity contribution < 1.29 is 19.8 Å². The lowest BCUT2D eigenvalue weighted by Crippen LogP contribution is -2.46. The summed E-state index contributed by atoms with van der Waals surface area (Å²) in [6.07, 6.45) is 8.98. The summed E-state index contributed by atoms with van der Waals surface area (Å²) in [5.41, 5.74) is -1.78. The van der Waals surface area contributed by atoms with Crippen LogP contribution in [-0.4, -0.2) is 22.2 Å². The highest BCUT2D eigenvalue weighted by Gasteiger charge is 2.52. The maximum atomic E-state index is 11.3. The molecule has 0 atom stereocenters. The fourth-order valence-electron chi connectivity index (χ4n) is 2.49. The van der Waals surface area contributed by atoms with Crippen LogP contribution >= 0.6 is 0 Å². The van der Waals surface area contributed by atoms with Crippen LogP contribution in [0.25, 0.3) is 0 Å². The Bertz CT molecular complexity index is 306. The topological polar surface area (TPSA) is 74.6 Å². The Kier molecular flexibility index (Phi) is 3.94. The fourth-order valence-corrected chi connectivity index (χ4v) is 2.49. The number of carboxylic acid groups (broad SMARTS) is 2. The number of rotatable bonds is 4. The van der Waals surface area contributed by atoms with Crippen LogP contribution in [0.2, 0.25) is 0 Å². The van der Waals surface area contributed by atoms with Gasteiger partial charge in [-0.3, -0.25) is 9.59 Å². The van der Waals surface area contributed by atoms with E-state index in [1.165, 1.54) is 0 Å². The molecule has 88 valence electrons. The Morgan fingerprint density at radius 1 is 1.19 bits per heavy atom. The van der Waals surface area contributed by atoms with Crippen LogP contribution in [0.5, 0.6) is 0 Å². The van der Waals surface area contributed by atoms with Crippen molar-refractivity contribution in [1.82, 2.24) is 0 Å². The van der Waals surface area contributed by atoms with E-state index < -0.39 is 17.4 Å². The van der Waals surface area contributed by atoms with Gasteiger partial charge in [0.15, 0.2) is 5.41 Å². The van der Waals surface area contributed by atoms with Crippen molar-refractivity contribution in [2.45, 2.75) is 38.5 Å². The zero-order valence-electron chi connectivity index (χ0n) is 9.11. The highest BCUT2D eigenvalue weighted by molar-refractivity contribution is 5.99. The van der Waals surface area contributed by atoms with Crippen LogP contribution in [0.4, 0.5) is 0 Å². The molecule has 1 aliphatic carbocycles. The van der Waals surface area contributed by atoms with Crippen molar-refractivity contribution in [2.24, 2.45) is 11.3 Å². The Hall–Kier alpha value is -1.50. The average Bonchev–Trinajstić information content (AvgIpc) is 2.26. The van der Waals surface area contributed by atoms with Gasteiger partial charge in [0.1, 0.15) is 0 Å². The highest BCUT2D eigenvalue weighted by Crippen LogP contribution is 2.41. The summed E-state index contributed by atoms with van der Waals surface area (Å²) in [6, 6.07) is 0. The Morgan fingerprint density at radius 2 is 1.69 bits per heavy atom. The lowest BCUT2D eigenvalue weighted by atomic mass is 9.67. The van der Waals surface area contributed by atoms with Crippen LogP contribution in [0.3, 0.4) is 0 Å². The van der Waals surface area contributed by atoms with Gasteiger partial charge in [0, 0.05) is 6.42 Å². The molecule has 0 radical (unpaired) electrons. The number of hydrogen-bond donors (Lipinski definition) is 2. The van der Waals surface area contributed by atoms with E-state index in [2.05, 4.69) is 5.92 Å². The van der Waals surface area contributed by atoms with Gasteiger partial charge < -0.3 is 10.2 Å². The molecule has 1 fully saturated rings. The summed E-state index contributed by atoms with van der Waals surface area (Å²) < 4.78 is 0. The molecule has 0 saturated heterocycles. The first-order chi connectivity index (χ1) is 7.55. The number of aliphatic carboxylic acids is 2. The third kappa shape index (κ3) is 2.04. The van der Waals surface area contributed by atoms with E-state index in [9.17, 15) is 19.8 Å². The lowest BCUT2D eigenvalue weighted by molar-refractivity contribution is -0.170. The summed E-state index contributed by atoms with van der Waals surface area (Å²) in [6.45, 7) is 0. The number of hydrogen-bond acceptors (Lipinski definition) is 2. The second-order valence-electron chi connectivity index (χ2n) is 4.30. The van der Waals surface area contributed by atoms with Gasteiger partial charge in [0.05, 0.1) is 0 Å². The molecule has 1 aliphatic rings. The lowest BCUT2D eigenvalue weighted by Gasteiger charge is -2.34. The summed E-state index contributed by atoms with van der Waals surface area (Å²) in [4.78, 5) is 22.6. The Morgan fingerprint density at radius 3 is 2.06 bits per heavy atom.